The number of rotatable bonds is 5. The summed E-state index contributed by atoms with van der Waals surface area (Å²) >= 11 is 1.48. The van der Waals surface area contributed by atoms with Crippen molar-refractivity contribution in [3.8, 4) is 5.75 Å². The lowest BCUT2D eigenvalue weighted by atomic mass is 9.98. The monoisotopic (exact) mass is 498 g/mol. The number of nitrogens with zero attached hydrogens (tertiary/aromatic N) is 2. The molecule has 2 atom stereocenters. The van der Waals surface area contributed by atoms with Gasteiger partial charge in [-0.3, -0.25) is 9.59 Å². The van der Waals surface area contributed by atoms with Gasteiger partial charge in [-0.2, -0.15) is 0 Å². The second-order valence-corrected chi connectivity index (χ2v) is 10.5. The SMILES string of the molecule is CC1Cc2cc(/C(O)=C3/C(=O)C(=O)N(CCc4cn(C)c5ccccc45)C3c3cccs3)ccc2O1. The van der Waals surface area contributed by atoms with Crippen LogP contribution in [0.5, 0.6) is 5.75 Å². The molecular formula is C29H26N2O4S. The van der Waals surface area contributed by atoms with Gasteiger partial charge in [-0.05, 0) is 60.2 Å². The van der Waals surface area contributed by atoms with E-state index in [1.807, 2.05) is 55.7 Å². The van der Waals surface area contributed by atoms with E-state index in [1.54, 1.807) is 11.0 Å². The number of para-hydroxylation sites is 1. The molecule has 4 aromatic rings. The summed E-state index contributed by atoms with van der Waals surface area (Å²) in [5.74, 6) is -0.562. The Labute approximate surface area is 213 Å². The Bertz CT molecular complexity index is 1530. The first kappa shape index (κ1) is 22.6. The quantitative estimate of drug-likeness (QED) is 0.232. The summed E-state index contributed by atoms with van der Waals surface area (Å²) in [6.45, 7) is 2.37. The Kier molecular flexibility index (Phi) is 5.45. The molecule has 7 heteroatoms. The van der Waals surface area contributed by atoms with Crippen molar-refractivity contribution in [1.29, 1.82) is 0 Å². The minimum Gasteiger partial charge on any atom is -0.507 e. The summed E-state index contributed by atoms with van der Waals surface area (Å²) in [4.78, 5) is 29.1. The van der Waals surface area contributed by atoms with Gasteiger partial charge in [0.15, 0.2) is 0 Å². The van der Waals surface area contributed by atoms with Crippen molar-refractivity contribution < 1.29 is 19.4 Å². The summed E-state index contributed by atoms with van der Waals surface area (Å²) < 4.78 is 7.86. The number of benzene rings is 2. The topological polar surface area (TPSA) is 71.8 Å². The number of ketones is 1. The lowest BCUT2D eigenvalue weighted by molar-refractivity contribution is -0.139. The van der Waals surface area contributed by atoms with Gasteiger partial charge in [0.2, 0.25) is 0 Å². The predicted molar refractivity (Wildman–Crippen MR) is 140 cm³/mol. The number of hydrogen-bond acceptors (Lipinski definition) is 5. The molecule has 0 radical (unpaired) electrons. The number of amides is 1. The molecule has 0 spiro atoms. The van der Waals surface area contributed by atoms with Gasteiger partial charge in [0.05, 0.1) is 11.6 Å². The summed E-state index contributed by atoms with van der Waals surface area (Å²) in [7, 11) is 2.01. The van der Waals surface area contributed by atoms with E-state index in [0.717, 1.165) is 39.1 Å². The van der Waals surface area contributed by atoms with E-state index >= 15 is 0 Å². The average Bonchev–Trinajstić information content (AvgIpc) is 3.64. The number of aromatic nitrogens is 1. The number of carbonyl (C=O) groups excluding carboxylic acids is 2. The van der Waals surface area contributed by atoms with Crippen LogP contribution in [-0.4, -0.2) is 38.9 Å². The molecular weight excluding hydrogens is 472 g/mol. The minimum absolute atomic E-state index is 0.0724. The van der Waals surface area contributed by atoms with E-state index in [9.17, 15) is 14.7 Å². The molecule has 1 N–H and O–H groups in total. The maximum absolute atomic E-state index is 13.3. The maximum atomic E-state index is 13.3. The third-order valence-electron chi connectivity index (χ3n) is 7.12. The first-order valence-corrected chi connectivity index (χ1v) is 12.9. The molecule has 2 aromatic carbocycles. The smallest absolute Gasteiger partial charge is 0.295 e. The summed E-state index contributed by atoms with van der Waals surface area (Å²) in [5.41, 5.74) is 3.91. The Morgan fingerprint density at radius 2 is 1.97 bits per heavy atom. The second kappa shape index (κ2) is 8.68. The molecule has 2 aromatic heterocycles. The number of hydrogen-bond donors (Lipinski definition) is 1. The minimum atomic E-state index is -0.645. The number of carbonyl (C=O) groups is 2. The van der Waals surface area contributed by atoms with E-state index in [1.165, 1.54) is 11.3 Å². The molecule has 182 valence electrons. The fourth-order valence-electron chi connectivity index (χ4n) is 5.44. The van der Waals surface area contributed by atoms with Crippen molar-refractivity contribution in [2.45, 2.75) is 31.9 Å². The van der Waals surface area contributed by atoms with E-state index in [4.69, 9.17) is 4.74 Å². The van der Waals surface area contributed by atoms with Crippen LogP contribution in [0.25, 0.3) is 16.7 Å². The van der Waals surface area contributed by atoms with Crippen LogP contribution < -0.4 is 4.74 Å². The molecule has 1 saturated heterocycles. The largest absolute Gasteiger partial charge is 0.507 e. The number of aryl methyl sites for hydroxylation is 1. The molecule has 1 amide bonds. The number of Topliss-reactive ketones (excluding diaryl/α,β-unsaturated/α-hetero) is 1. The number of fused-ring (bicyclic) bond motifs is 2. The molecule has 6 nitrogen and oxygen atoms in total. The highest BCUT2D eigenvalue weighted by Gasteiger charge is 2.46. The predicted octanol–water partition coefficient (Wildman–Crippen LogP) is 5.23. The highest BCUT2D eigenvalue weighted by atomic mass is 32.1. The van der Waals surface area contributed by atoms with Gasteiger partial charge in [-0.1, -0.05) is 24.3 Å². The second-order valence-electron chi connectivity index (χ2n) is 9.50. The molecule has 0 saturated carbocycles. The van der Waals surface area contributed by atoms with Gasteiger partial charge in [-0.15, -0.1) is 11.3 Å². The third kappa shape index (κ3) is 3.62. The standard InChI is InChI=1S/C29H26N2O4S/c1-17-14-20-15-18(9-10-23(20)35-17)27(32)25-26(24-8-5-13-36-24)31(29(34)28(25)33)12-11-19-16-30(2)22-7-4-3-6-21(19)22/h3-10,13,15-17,26,32H,11-12,14H2,1-2H3/b27-25-. The van der Waals surface area contributed by atoms with Gasteiger partial charge in [0, 0.05) is 47.6 Å². The van der Waals surface area contributed by atoms with Crippen LogP contribution in [0.4, 0.5) is 0 Å². The first-order valence-electron chi connectivity index (χ1n) is 12.1. The van der Waals surface area contributed by atoms with E-state index in [-0.39, 0.29) is 17.4 Å². The molecule has 0 bridgehead atoms. The van der Waals surface area contributed by atoms with Crippen molar-refractivity contribution in [1.82, 2.24) is 9.47 Å². The van der Waals surface area contributed by atoms with Crippen molar-refractivity contribution >= 4 is 39.7 Å². The fraction of sp³-hybridized carbons (Fsp3) is 0.241. The average molecular weight is 499 g/mol. The van der Waals surface area contributed by atoms with Crippen LogP contribution in [0.3, 0.4) is 0 Å². The number of aliphatic hydroxyl groups excluding tert-OH is 1. The van der Waals surface area contributed by atoms with Crippen LogP contribution in [0.2, 0.25) is 0 Å². The van der Waals surface area contributed by atoms with Crippen molar-refractivity contribution in [3.05, 3.63) is 93.3 Å². The summed E-state index contributed by atoms with van der Waals surface area (Å²) in [5, 5.41) is 14.4. The van der Waals surface area contributed by atoms with Gasteiger partial charge >= 0.3 is 0 Å². The molecule has 2 aliphatic rings. The maximum Gasteiger partial charge on any atom is 0.295 e. The first-order chi connectivity index (χ1) is 17.4. The van der Waals surface area contributed by atoms with E-state index < -0.39 is 17.7 Å². The van der Waals surface area contributed by atoms with E-state index in [0.29, 0.717) is 18.5 Å². The Morgan fingerprint density at radius 3 is 2.78 bits per heavy atom. The fourth-order valence-corrected chi connectivity index (χ4v) is 6.29. The Hall–Kier alpha value is -3.84. The van der Waals surface area contributed by atoms with Crippen LogP contribution in [-0.2, 0) is 29.5 Å². The number of aliphatic hydroxyl groups is 1. The third-order valence-corrected chi connectivity index (χ3v) is 8.05. The van der Waals surface area contributed by atoms with Crippen LogP contribution in [0.15, 0.2) is 71.7 Å². The van der Waals surface area contributed by atoms with Crippen LogP contribution in [0.1, 0.15) is 34.5 Å². The molecule has 4 heterocycles. The van der Waals surface area contributed by atoms with Gasteiger partial charge < -0.3 is 19.3 Å². The molecule has 2 aliphatic heterocycles. The Morgan fingerprint density at radius 1 is 1.14 bits per heavy atom. The van der Waals surface area contributed by atoms with E-state index in [2.05, 4.69) is 22.9 Å². The van der Waals surface area contributed by atoms with Gasteiger partial charge in [0.1, 0.15) is 17.6 Å². The molecule has 1 fully saturated rings. The zero-order valence-corrected chi connectivity index (χ0v) is 20.9. The van der Waals surface area contributed by atoms with Crippen LogP contribution >= 0.6 is 11.3 Å². The number of ether oxygens (including phenoxy) is 1. The van der Waals surface area contributed by atoms with Crippen molar-refractivity contribution in [2.75, 3.05) is 6.54 Å². The van der Waals surface area contributed by atoms with Crippen molar-refractivity contribution in [3.63, 3.8) is 0 Å². The number of likely N-dealkylation sites (tertiary alicyclic amines) is 1. The number of thiophene rings is 1. The highest BCUT2D eigenvalue weighted by Crippen LogP contribution is 2.42. The Balaban J connectivity index is 1.38. The molecule has 36 heavy (non-hydrogen) atoms. The highest BCUT2D eigenvalue weighted by molar-refractivity contribution is 7.10. The van der Waals surface area contributed by atoms with Gasteiger partial charge in [0.25, 0.3) is 11.7 Å². The van der Waals surface area contributed by atoms with Crippen molar-refractivity contribution in [2.24, 2.45) is 7.05 Å². The molecule has 6 rings (SSSR count). The van der Waals surface area contributed by atoms with Gasteiger partial charge in [-0.25, -0.2) is 0 Å². The normalized spacial score (nSPS) is 20.8. The zero-order valence-electron chi connectivity index (χ0n) is 20.1. The molecule has 2 unspecified atom stereocenters. The van der Waals surface area contributed by atoms with Crippen LogP contribution in [0, 0.1) is 0 Å². The zero-order chi connectivity index (χ0) is 25.0. The lowest BCUT2D eigenvalue weighted by Gasteiger charge is -2.24. The lowest BCUT2D eigenvalue weighted by Crippen LogP contribution is -2.31. The molecule has 0 aliphatic carbocycles. The summed E-state index contributed by atoms with van der Waals surface area (Å²) in [6, 6.07) is 16.8. The summed E-state index contributed by atoms with van der Waals surface area (Å²) in [6.07, 6.45) is 3.49.